The first kappa shape index (κ1) is 19.7. The van der Waals surface area contributed by atoms with Crippen LogP contribution < -0.4 is 10.5 Å². The minimum Gasteiger partial charge on any atom is -0.376 e. The quantitative estimate of drug-likeness (QED) is 0.732. The third-order valence-electron chi connectivity index (χ3n) is 6.69. The molecule has 0 spiro atoms. The highest BCUT2D eigenvalue weighted by Crippen LogP contribution is 2.43. The van der Waals surface area contributed by atoms with Gasteiger partial charge >= 0.3 is 0 Å². The third kappa shape index (κ3) is 4.27. The Labute approximate surface area is 176 Å². The second-order valence-corrected chi connectivity index (χ2v) is 9.48. The average molecular weight is 414 g/mol. The molecule has 0 aromatic carbocycles. The molecule has 3 aliphatic rings. The predicted octanol–water partition coefficient (Wildman–Crippen LogP) is 1.31. The van der Waals surface area contributed by atoms with E-state index in [1.54, 1.807) is 6.07 Å². The fraction of sp³-hybridized carbons (Fsp3) is 0.714. The van der Waals surface area contributed by atoms with Crippen LogP contribution in [0.25, 0.3) is 0 Å². The molecule has 4 atom stereocenters. The van der Waals surface area contributed by atoms with Crippen LogP contribution in [0, 0.1) is 17.8 Å². The van der Waals surface area contributed by atoms with Crippen LogP contribution in [0.1, 0.15) is 37.4 Å². The molecule has 5 rings (SSSR count). The van der Waals surface area contributed by atoms with Gasteiger partial charge in [-0.05, 0) is 57.5 Å². The molecule has 2 aromatic rings. The van der Waals surface area contributed by atoms with Gasteiger partial charge in [-0.3, -0.25) is 4.79 Å². The van der Waals surface area contributed by atoms with E-state index >= 15 is 0 Å². The largest absolute Gasteiger partial charge is 0.376 e. The highest BCUT2D eigenvalue weighted by Gasteiger charge is 2.44. The second-order valence-electron chi connectivity index (χ2n) is 9.48. The average Bonchev–Trinajstić information content (AvgIpc) is 3.27. The van der Waals surface area contributed by atoms with Gasteiger partial charge in [-0.25, -0.2) is 9.67 Å². The van der Waals surface area contributed by atoms with Gasteiger partial charge in [0.15, 0.2) is 0 Å². The molecule has 162 valence electrons. The Morgan fingerprint density at radius 1 is 1.23 bits per heavy atom. The first-order valence-corrected chi connectivity index (χ1v) is 11.0. The van der Waals surface area contributed by atoms with Gasteiger partial charge in [0.25, 0.3) is 5.56 Å². The zero-order valence-corrected chi connectivity index (χ0v) is 17.8. The smallest absolute Gasteiger partial charge is 0.252 e. The van der Waals surface area contributed by atoms with E-state index in [2.05, 4.69) is 36.3 Å². The molecule has 1 N–H and O–H groups in total. The minimum absolute atomic E-state index is 0.102. The number of hydrogen-bond acceptors (Lipinski definition) is 7. The number of aromatic nitrogens is 5. The molecule has 2 saturated carbocycles. The Morgan fingerprint density at radius 3 is 2.77 bits per heavy atom. The lowest BCUT2D eigenvalue weighted by atomic mass is 9.77. The Morgan fingerprint density at radius 2 is 2.03 bits per heavy atom. The Kier molecular flexibility index (Phi) is 5.32. The van der Waals surface area contributed by atoms with Crippen molar-refractivity contribution in [3.05, 3.63) is 34.6 Å². The summed E-state index contributed by atoms with van der Waals surface area (Å²) in [4.78, 5) is 23.1. The van der Waals surface area contributed by atoms with Gasteiger partial charge in [0.1, 0.15) is 5.82 Å². The number of nitrogens with zero attached hydrogens (tertiary/aromatic N) is 6. The molecule has 1 saturated heterocycles. The first-order chi connectivity index (χ1) is 14.5. The van der Waals surface area contributed by atoms with Crippen LogP contribution in [0.5, 0.6) is 0 Å². The summed E-state index contributed by atoms with van der Waals surface area (Å²) in [6, 6.07) is 1.81. The third-order valence-corrected chi connectivity index (χ3v) is 6.69. The van der Waals surface area contributed by atoms with Crippen LogP contribution in [0.4, 0.5) is 5.82 Å². The summed E-state index contributed by atoms with van der Waals surface area (Å²) in [5.74, 6) is 2.60. The van der Waals surface area contributed by atoms with Crippen LogP contribution in [-0.4, -0.2) is 69.8 Å². The number of H-pyrrole nitrogens is 1. The van der Waals surface area contributed by atoms with Gasteiger partial charge in [-0.15, -0.1) is 5.10 Å². The first-order valence-electron chi connectivity index (χ1n) is 11.0. The number of aromatic amines is 1. The summed E-state index contributed by atoms with van der Waals surface area (Å²) in [7, 11) is 4.09. The lowest BCUT2D eigenvalue weighted by molar-refractivity contribution is -0.0375. The Bertz CT molecular complexity index is 922. The van der Waals surface area contributed by atoms with E-state index in [0.717, 1.165) is 56.5 Å². The lowest BCUT2D eigenvalue weighted by Crippen LogP contribution is -2.38. The molecule has 0 unspecified atom stereocenters. The molecule has 3 fully saturated rings. The maximum atomic E-state index is 11.7. The standard InChI is InChI=1S/C21H31N7O2/c1-26(2)10-17-11-28(25-24-17)18-5-15-8-27(20-7-21(29)23-13-22-20)9-16(15)6-19(18)30-12-14-3-4-14/h7,11,13-16,18-19H,3-6,8-10,12H2,1-2H3,(H,22,23,29)/t15-,16+,18-,19-/m1/s1. The van der Waals surface area contributed by atoms with Crippen molar-refractivity contribution in [3.63, 3.8) is 0 Å². The van der Waals surface area contributed by atoms with Crippen LogP contribution in [0.2, 0.25) is 0 Å². The predicted molar refractivity (Wildman–Crippen MR) is 112 cm³/mol. The summed E-state index contributed by atoms with van der Waals surface area (Å²) in [6.45, 7) is 3.50. The minimum atomic E-state index is -0.102. The molecular formula is C21H31N7O2. The van der Waals surface area contributed by atoms with Gasteiger partial charge in [-0.2, -0.15) is 0 Å². The Hall–Kier alpha value is -2.26. The molecule has 3 heterocycles. The number of ether oxygens (including phenoxy) is 1. The van der Waals surface area contributed by atoms with Crippen molar-refractivity contribution < 1.29 is 4.74 Å². The molecule has 2 aromatic heterocycles. The topological polar surface area (TPSA) is 92.2 Å². The van der Waals surface area contributed by atoms with Gasteiger partial charge in [-0.1, -0.05) is 5.21 Å². The molecular weight excluding hydrogens is 382 g/mol. The number of hydrogen-bond donors (Lipinski definition) is 1. The highest BCUT2D eigenvalue weighted by molar-refractivity contribution is 5.38. The van der Waals surface area contributed by atoms with Gasteiger partial charge in [0, 0.05) is 32.3 Å². The Balaban J connectivity index is 1.33. The maximum Gasteiger partial charge on any atom is 0.252 e. The summed E-state index contributed by atoms with van der Waals surface area (Å²) in [5, 5.41) is 8.87. The van der Waals surface area contributed by atoms with Crippen molar-refractivity contribution in [2.75, 3.05) is 38.7 Å². The molecule has 0 amide bonds. The molecule has 0 radical (unpaired) electrons. The van der Waals surface area contributed by atoms with E-state index in [9.17, 15) is 4.79 Å². The van der Waals surface area contributed by atoms with E-state index in [1.807, 2.05) is 18.8 Å². The van der Waals surface area contributed by atoms with Crippen LogP contribution >= 0.6 is 0 Å². The number of nitrogens with one attached hydrogen (secondary N) is 1. The molecule has 0 bridgehead atoms. The maximum absolute atomic E-state index is 11.7. The van der Waals surface area contributed by atoms with E-state index < -0.39 is 0 Å². The second kappa shape index (κ2) is 8.11. The monoisotopic (exact) mass is 413 g/mol. The molecule has 30 heavy (non-hydrogen) atoms. The number of rotatable bonds is 7. The van der Waals surface area contributed by atoms with Crippen LogP contribution in [0.3, 0.4) is 0 Å². The van der Waals surface area contributed by atoms with Crippen molar-refractivity contribution in [2.24, 2.45) is 17.8 Å². The molecule has 9 nitrogen and oxygen atoms in total. The van der Waals surface area contributed by atoms with Crippen LogP contribution in [-0.2, 0) is 11.3 Å². The SMILES string of the molecule is CN(C)Cc1cn([C@@H]2C[C@@H]3CN(c4cc(=O)[nH]cn4)C[C@@H]3C[C@H]2OCC2CC2)nn1. The fourth-order valence-electron chi connectivity index (χ4n) is 4.98. The van der Waals surface area contributed by atoms with Crippen molar-refractivity contribution in [3.8, 4) is 0 Å². The van der Waals surface area contributed by atoms with Crippen molar-refractivity contribution in [2.45, 2.75) is 44.4 Å². The molecule has 9 heteroatoms. The van der Waals surface area contributed by atoms with Crippen molar-refractivity contribution in [1.82, 2.24) is 29.9 Å². The van der Waals surface area contributed by atoms with Gasteiger partial charge in [0.05, 0.1) is 30.4 Å². The van der Waals surface area contributed by atoms with E-state index in [1.165, 1.54) is 19.2 Å². The number of fused-ring (bicyclic) bond motifs is 1. The van der Waals surface area contributed by atoms with E-state index in [-0.39, 0.29) is 17.7 Å². The van der Waals surface area contributed by atoms with Crippen LogP contribution in [0.15, 0.2) is 23.4 Å². The summed E-state index contributed by atoms with van der Waals surface area (Å²) < 4.78 is 8.49. The zero-order chi connectivity index (χ0) is 20.7. The number of anilines is 1. The summed E-state index contributed by atoms with van der Waals surface area (Å²) in [5.41, 5.74) is 0.887. The van der Waals surface area contributed by atoms with E-state index in [0.29, 0.717) is 11.8 Å². The van der Waals surface area contributed by atoms with Gasteiger partial charge < -0.3 is 19.5 Å². The summed E-state index contributed by atoms with van der Waals surface area (Å²) >= 11 is 0. The van der Waals surface area contributed by atoms with Crippen molar-refractivity contribution >= 4 is 5.82 Å². The van der Waals surface area contributed by atoms with Crippen molar-refractivity contribution in [1.29, 1.82) is 0 Å². The fourth-order valence-corrected chi connectivity index (χ4v) is 4.98. The van der Waals surface area contributed by atoms with E-state index in [4.69, 9.17) is 4.74 Å². The zero-order valence-electron chi connectivity index (χ0n) is 17.8. The highest BCUT2D eigenvalue weighted by atomic mass is 16.5. The molecule has 2 aliphatic carbocycles. The molecule has 1 aliphatic heterocycles. The summed E-state index contributed by atoms with van der Waals surface area (Å²) in [6.07, 6.45) is 8.36. The van der Waals surface area contributed by atoms with Gasteiger partial charge in [0.2, 0.25) is 0 Å². The normalized spacial score (nSPS) is 28.8. The lowest BCUT2D eigenvalue weighted by Gasteiger charge is -2.37.